The summed E-state index contributed by atoms with van der Waals surface area (Å²) in [5.74, 6) is -0.298. The summed E-state index contributed by atoms with van der Waals surface area (Å²) in [4.78, 5) is 33.4. The van der Waals surface area contributed by atoms with E-state index < -0.39 is 23.2 Å². The van der Waals surface area contributed by atoms with Crippen molar-refractivity contribution in [2.75, 3.05) is 36.4 Å². The van der Waals surface area contributed by atoms with E-state index in [4.69, 9.17) is 11.6 Å². The zero-order valence-electron chi connectivity index (χ0n) is 18.6. The van der Waals surface area contributed by atoms with E-state index in [0.29, 0.717) is 42.6 Å². The Bertz CT molecular complexity index is 1220. The number of hydrogen-bond donors (Lipinski definition) is 1. The predicted molar refractivity (Wildman–Crippen MR) is 128 cm³/mol. The topological polar surface area (TPSA) is 65.5 Å². The highest BCUT2D eigenvalue weighted by molar-refractivity contribution is 6.30. The number of aromatic nitrogens is 1. The van der Waals surface area contributed by atoms with Crippen LogP contribution in [0.15, 0.2) is 66.9 Å². The number of carbonyl (C=O) groups is 2. The Morgan fingerprint density at radius 2 is 1.74 bits per heavy atom. The Morgan fingerprint density at radius 1 is 0.943 bits per heavy atom. The van der Waals surface area contributed by atoms with E-state index in [1.165, 1.54) is 18.3 Å². The largest absolute Gasteiger partial charge is 0.417 e. The summed E-state index contributed by atoms with van der Waals surface area (Å²) in [5.41, 5.74) is -0.635. The third kappa shape index (κ3) is 5.92. The van der Waals surface area contributed by atoms with E-state index in [-0.39, 0.29) is 11.6 Å². The standard InChI is InChI=1S/C25H22ClF3N4O2/c26-18-6-3-5-17(15-18)24(35)33-12-4-11-32(13-14-33)22-10-9-19(16-30-22)31-23(34)20-7-1-2-8-21(20)25(27,28)29/h1-3,5-10,15-16H,4,11-14H2,(H,31,34). The molecular formula is C25H22ClF3N4O2. The fourth-order valence-electron chi connectivity index (χ4n) is 3.93. The van der Waals surface area contributed by atoms with Crippen LogP contribution in [0, 0.1) is 0 Å². The number of halogens is 4. The maximum atomic E-state index is 13.2. The van der Waals surface area contributed by atoms with Gasteiger partial charge in [0.15, 0.2) is 0 Å². The van der Waals surface area contributed by atoms with Crippen LogP contribution in [0.3, 0.4) is 0 Å². The Kier molecular flexibility index (Phi) is 7.25. The van der Waals surface area contributed by atoms with Crippen molar-refractivity contribution in [3.8, 4) is 0 Å². The van der Waals surface area contributed by atoms with Gasteiger partial charge >= 0.3 is 6.18 Å². The highest BCUT2D eigenvalue weighted by Gasteiger charge is 2.34. The van der Waals surface area contributed by atoms with Gasteiger partial charge in [-0.05, 0) is 48.9 Å². The smallest absolute Gasteiger partial charge is 0.355 e. The first kappa shape index (κ1) is 24.5. The van der Waals surface area contributed by atoms with Crippen LogP contribution in [0.5, 0.6) is 0 Å². The molecule has 3 aromatic rings. The third-order valence-electron chi connectivity index (χ3n) is 5.66. The van der Waals surface area contributed by atoms with Gasteiger partial charge in [0, 0.05) is 36.8 Å². The summed E-state index contributed by atoms with van der Waals surface area (Å²) in [6, 6.07) is 14.7. The second-order valence-corrected chi connectivity index (χ2v) is 8.48. The molecule has 0 aliphatic carbocycles. The predicted octanol–water partition coefficient (Wildman–Crippen LogP) is 5.36. The number of pyridine rings is 1. The number of rotatable bonds is 4. The third-order valence-corrected chi connectivity index (χ3v) is 5.90. The molecule has 1 N–H and O–H groups in total. The molecule has 2 amide bonds. The summed E-state index contributed by atoms with van der Waals surface area (Å²) in [5, 5.41) is 2.98. The lowest BCUT2D eigenvalue weighted by Gasteiger charge is -2.23. The van der Waals surface area contributed by atoms with E-state index in [1.807, 2.05) is 4.90 Å². The lowest BCUT2D eigenvalue weighted by molar-refractivity contribution is -0.137. The lowest BCUT2D eigenvalue weighted by atomic mass is 10.1. The fraction of sp³-hybridized carbons (Fsp3) is 0.240. The van der Waals surface area contributed by atoms with Crippen LogP contribution >= 0.6 is 11.6 Å². The molecule has 35 heavy (non-hydrogen) atoms. The zero-order valence-corrected chi connectivity index (χ0v) is 19.3. The van der Waals surface area contributed by atoms with Crippen molar-refractivity contribution in [3.63, 3.8) is 0 Å². The Hall–Kier alpha value is -3.59. The van der Waals surface area contributed by atoms with Crippen LogP contribution in [0.25, 0.3) is 0 Å². The van der Waals surface area contributed by atoms with Crippen LogP contribution in [0.2, 0.25) is 5.02 Å². The molecule has 1 aromatic heterocycles. The second kappa shape index (κ2) is 10.4. The molecule has 0 bridgehead atoms. The monoisotopic (exact) mass is 502 g/mol. The quantitative estimate of drug-likeness (QED) is 0.522. The molecule has 0 unspecified atom stereocenters. The molecule has 0 saturated carbocycles. The molecule has 6 nitrogen and oxygen atoms in total. The summed E-state index contributed by atoms with van der Waals surface area (Å²) < 4.78 is 39.6. The number of anilines is 2. The molecule has 1 aliphatic rings. The molecule has 1 saturated heterocycles. The average molecular weight is 503 g/mol. The van der Waals surface area contributed by atoms with Crippen LogP contribution in [0.4, 0.5) is 24.7 Å². The van der Waals surface area contributed by atoms with E-state index >= 15 is 0 Å². The first-order chi connectivity index (χ1) is 16.7. The van der Waals surface area contributed by atoms with Crippen molar-refractivity contribution in [2.24, 2.45) is 0 Å². The molecule has 0 radical (unpaired) electrons. The number of benzene rings is 2. The summed E-state index contributed by atoms with van der Waals surface area (Å²) in [6.07, 6.45) is -2.49. The first-order valence-electron chi connectivity index (χ1n) is 11.0. The van der Waals surface area contributed by atoms with Crippen molar-refractivity contribution < 1.29 is 22.8 Å². The number of nitrogens with one attached hydrogen (secondary N) is 1. The molecule has 0 atom stereocenters. The van der Waals surface area contributed by atoms with E-state index in [9.17, 15) is 22.8 Å². The van der Waals surface area contributed by atoms with Crippen molar-refractivity contribution in [1.82, 2.24) is 9.88 Å². The highest BCUT2D eigenvalue weighted by Crippen LogP contribution is 2.32. The van der Waals surface area contributed by atoms with Gasteiger partial charge in [-0.2, -0.15) is 13.2 Å². The Labute approximate surface area is 205 Å². The highest BCUT2D eigenvalue weighted by atomic mass is 35.5. The minimum absolute atomic E-state index is 0.0838. The summed E-state index contributed by atoms with van der Waals surface area (Å²) >= 11 is 6.01. The van der Waals surface area contributed by atoms with Crippen LogP contribution in [0.1, 0.15) is 32.7 Å². The van der Waals surface area contributed by atoms with Crippen molar-refractivity contribution in [3.05, 3.63) is 88.6 Å². The molecule has 2 aromatic carbocycles. The second-order valence-electron chi connectivity index (χ2n) is 8.05. The number of hydrogen-bond acceptors (Lipinski definition) is 4. The number of nitrogens with zero attached hydrogens (tertiary/aromatic N) is 3. The van der Waals surface area contributed by atoms with Crippen LogP contribution in [-0.2, 0) is 6.18 Å². The van der Waals surface area contributed by atoms with Crippen LogP contribution in [-0.4, -0.2) is 47.9 Å². The molecule has 4 rings (SSSR count). The fourth-order valence-corrected chi connectivity index (χ4v) is 4.12. The number of carbonyl (C=O) groups excluding carboxylic acids is 2. The summed E-state index contributed by atoms with van der Waals surface area (Å²) in [7, 11) is 0. The maximum Gasteiger partial charge on any atom is 0.417 e. The van der Waals surface area contributed by atoms with Gasteiger partial charge in [-0.1, -0.05) is 29.8 Å². The maximum absolute atomic E-state index is 13.2. The molecular weight excluding hydrogens is 481 g/mol. The lowest BCUT2D eigenvalue weighted by Crippen LogP contribution is -2.35. The zero-order chi connectivity index (χ0) is 25.0. The van der Waals surface area contributed by atoms with Gasteiger partial charge in [-0.3, -0.25) is 9.59 Å². The van der Waals surface area contributed by atoms with Crippen molar-refractivity contribution >= 4 is 34.9 Å². The minimum Gasteiger partial charge on any atom is -0.355 e. The van der Waals surface area contributed by atoms with Gasteiger partial charge in [0.05, 0.1) is 23.0 Å². The first-order valence-corrected chi connectivity index (χ1v) is 11.3. The molecule has 0 spiro atoms. The van der Waals surface area contributed by atoms with Gasteiger partial charge < -0.3 is 15.1 Å². The van der Waals surface area contributed by atoms with E-state index in [2.05, 4.69) is 10.3 Å². The van der Waals surface area contributed by atoms with Gasteiger partial charge in [-0.25, -0.2) is 4.98 Å². The van der Waals surface area contributed by atoms with Gasteiger partial charge in [0.25, 0.3) is 11.8 Å². The van der Waals surface area contributed by atoms with Gasteiger partial charge in [-0.15, -0.1) is 0 Å². The number of amides is 2. The normalized spacial score (nSPS) is 14.4. The minimum atomic E-state index is -4.63. The van der Waals surface area contributed by atoms with E-state index in [1.54, 1.807) is 41.3 Å². The van der Waals surface area contributed by atoms with Crippen LogP contribution < -0.4 is 10.2 Å². The molecule has 10 heteroatoms. The molecule has 2 heterocycles. The molecule has 1 fully saturated rings. The van der Waals surface area contributed by atoms with E-state index in [0.717, 1.165) is 18.6 Å². The Morgan fingerprint density at radius 3 is 2.46 bits per heavy atom. The van der Waals surface area contributed by atoms with Crippen molar-refractivity contribution in [2.45, 2.75) is 12.6 Å². The summed E-state index contributed by atoms with van der Waals surface area (Å²) in [6.45, 7) is 2.33. The van der Waals surface area contributed by atoms with Gasteiger partial charge in [0.1, 0.15) is 5.82 Å². The molecule has 1 aliphatic heterocycles. The SMILES string of the molecule is O=C(Nc1ccc(N2CCCN(C(=O)c3cccc(Cl)c3)CC2)nc1)c1ccccc1C(F)(F)F. The number of alkyl halides is 3. The average Bonchev–Trinajstić information content (AvgIpc) is 3.10. The van der Waals surface area contributed by atoms with Crippen molar-refractivity contribution in [1.29, 1.82) is 0 Å². The Balaban J connectivity index is 1.40. The molecule has 182 valence electrons. The van der Waals surface area contributed by atoms with Gasteiger partial charge in [0.2, 0.25) is 0 Å².